The summed E-state index contributed by atoms with van der Waals surface area (Å²) in [5.74, 6) is 0.377. The molecule has 5 heteroatoms. The van der Waals surface area contributed by atoms with Gasteiger partial charge in [0.15, 0.2) is 9.84 Å². The molecule has 3 nitrogen and oxygen atoms in total. The summed E-state index contributed by atoms with van der Waals surface area (Å²) in [6.45, 7) is 2.22. The highest BCUT2D eigenvalue weighted by Gasteiger charge is 2.19. The molecule has 1 fully saturated rings. The predicted octanol–water partition coefficient (Wildman–Crippen LogP) is 4.00. The first-order valence-corrected chi connectivity index (χ1v) is 9.55. The van der Waals surface area contributed by atoms with Gasteiger partial charge < -0.3 is 5.32 Å². The zero-order valence-electron chi connectivity index (χ0n) is 12.7. The first-order valence-electron chi connectivity index (χ1n) is 7.66. The SMILES string of the molecule is CCC1CCCC(Nc2cc(S(C)(=O)=O)ccc2F)CC1. The van der Waals surface area contributed by atoms with Crippen molar-refractivity contribution in [1.29, 1.82) is 0 Å². The molecule has 2 unspecified atom stereocenters. The first-order chi connectivity index (χ1) is 9.90. The lowest BCUT2D eigenvalue weighted by molar-refractivity contribution is 0.444. The molecule has 1 aliphatic rings. The molecule has 118 valence electrons. The Morgan fingerprint density at radius 1 is 1.24 bits per heavy atom. The molecule has 0 aromatic heterocycles. The van der Waals surface area contributed by atoms with Crippen LogP contribution in [0.25, 0.3) is 0 Å². The lowest BCUT2D eigenvalue weighted by Crippen LogP contribution is -2.19. The average Bonchev–Trinajstić information content (AvgIpc) is 2.65. The van der Waals surface area contributed by atoms with E-state index in [4.69, 9.17) is 0 Å². The van der Waals surface area contributed by atoms with Gasteiger partial charge in [0.25, 0.3) is 0 Å². The lowest BCUT2D eigenvalue weighted by Gasteiger charge is -2.19. The van der Waals surface area contributed by atoms with Gasteiger partial charge in [-0.05, 0) is 43.4 Å². The molecular weight excluding hydrogens is 289 g/mol. The van der Waals surface area contributed by atoms with Crippen molar-refractivity contribution < 1.29 is 12.8 Å². The summed E-state index contributed by atoms with van der Waals surface area (Å²) in [6.07, 6.45) is 7.90. The largest absolute Gasteiger partial charge is 0.380 e. The molecule has 0 aliphatic heterocycles. The third-order valence-corrected chi connectivity index (χ3v) is 5.50. The van der Waals surface area contributed by atoms with Crippen LogP contribution >= 0.6 is 0 Å². The van der Waals surface area contributed by atoms with Crippen LogP contribution in [-0.4, -0.2) is 20.7 Å². The third kappa shape index (κ3) is 4.43. The molecule has 1 N–H and O–H groups in total. The number of nitrogens with one attached hydrogen (secondary N) is 1. The Morgan fingerprint density at radius 3 is 2.67 bits per heavy atom. The van der Waals surface area contributed by atoms with E-state index < -0.39 is 15.7 Å². The van der Waals surface area contributed by atoms with Crippen molar-refractivity contribution in [2.75, 3.05) is 11.6 Å². The maximum Gasteiger partial charge on any atom is 0.175 e. The van der Waals surface area contributed by atoms with E-state index in [1.54, 1.807) is 0 Å². The van der Waals surface area contributed by atoms with Crippen LogP contribution in [0.1, 0.15) is 45.4 Å². The first kappa shape index (κ1) is 16.3. The van der Waals surface area contributed by atoms with Crippen LogP contribution in [0.3, 0.4) is 0 Å². The highest BCUT2D eigenvalue weighted by molar-refractivity contribution is 7.90. The maximum absolute atomic E-state index is 13.9. The summed E-state index contributed by atoms with van der Waals surface area (Å²) in [5.41, 5.74) is 0.304. The van der Waals surface area contributed by atoms with Crippen LogP contribution in [0.15, 0.2) is 23.1 Å². The Bertz CT molecular complexity index is 586. The molecule has 2 atom stereocenters. The number of rotatable bonds is 4. The monoisotopic (exact) mass is 313 g/mol. The number of anilines is 1. The summed E-state index contributed by atoms with van der Waals surface area (Å²) in [5, 5.41) is 3.21. The van der Waals surface area contributed by atoms with Gasteiger partial charge >= 0.3 is 0 Å². The molecule has 0 radical (unpaired) electrons. The van der Waals surface area contributed by atoms with Gasteiger partial charge in [-0.1, -0.05) is 26.2 Å². The standard InChI is InChI=1S/C16H24FNO2S/c1-3-12-5-4-6-13(8-7-12)18-16-11-14(21(2,19)20)9-10-15(16)17/h9-13,18H,3-8H2,1-2H3. The molecule has 21 heavy (non-hydrogen) atoms. The van der Waals surface area contributed by atoms with Crippen LogP contribution in [0, 0.1) is 11.7 Å². The van der Waals surface area contributed by atoms with E-state index in [9.17, 15) is 12.8 Å². The molecule has 2 rings (SSSR count). The molecule has 1 aromatic carbocycles. The second-order valence-electron chi connectivity index (χ2n) is 6.04. The molecule has 1 saturated carbocycles. The van der Waals surface area contributed by atoms with Gasteiger partial charge in [-0.15, -0.1) is 0 Å². The summed E-state index contributed by atoms with van der Waals surface area (Å²) < 4.78 is 37.1. The van der Waals surface area contributed by atoms with Crippen LogP contribution in [-0.2, 0) is 9.84 Å². The molecular formula is C16H24FNO2S. The van der Waals surface area contributed by atoms with E-state index in [0.717, 1.165) is 37.9 Å². The van der Waals surface area contributed by atoms with E-state index in [1.807, 2.05) is 0 Å². The zero-order chi connectivity index (χ0) is 15.5. The Labute approximate surface area is 126 Å². The molecule has 0 bridgehead atoms. The topological polar surface area (TPSA) is 46.2 Å². The Hall–Kier alpha value is -1.10. The van der Waals surface area contributed by atoms with Crippen molar-refractivity contribution >= 4 is 15.5 Å². The second kappa shape index (κ2) is 6.77. The number of halogens is 1. The second-order valence-corrected chi connectivity index (χ2v) is 8.05. The zero-order valence-corrected chi connectivity index (χ0v) is 13.5. The van der Waals surface area contributed by atoms with Crippen molar-refractivity contribution in [3.05, 3.63) is 24.0 Å². The fraction of sp³-hybridized carbons (Fsp3) is 0.625. The van der Waals surface area contributed by atoms with Gasteiger partial charge in [-0.3, -0.25) is 0 Å². The Balaban J connectivity index is 2.12. The number of hydrogen-bond donors (Lipinski definition) is 1. The third-order valence-electron chi connectivity index (χ3n) is 4.39. The summed E-state index contributed by atoms with van der Waals surface area (Å²) in [4.78, 5) is 0.159. The van der Waals surface area contributed by atoms with Gasteiger partial charge in [-0.25, -0.2) is 12.8 Å². The summed E-state index contributed by atoms with van der Waals surface area (Å²) in [6, 6.07) is 4.18. The molecule has 0 heterocycles. The average molecular weight is 313 g/mol. The van der Waals surface area contributed by atoms with Crippen molar-refractivity contribution in [3.8, 4) is 0 Å². The molecule has 0 saturated heterocycles. The molecule has 1 aliphatic carbocycles. The number of benzene rings is 1. The van der Waals surface area contributed by atoms with Crippen molar-refractivity contribution in [1.82, 2.24) is 0 Å². The van der Waals surface area contributed by atoms with Crippen LogP contribution in [0.4, 0.5) is 10.1 Å². The smallest absolute Gasteiger partial charge is 0.175 e. The van der Waals surface area contributed by atoms with Crippen molar-refractivity contribution in [2.45, 2.75) is 56.4 Å². The van der Waals surface area contributed by atoms with E-state index in [0.29, 0.717) is 5.69 Å². The van der Waals surface area contributed by atoms with Crippen LogP contribution in [0.5, 0.6) is 0 Å². The van der Waals surface area contributed by atoms with Crippen molar-refractivity contribution in [3.63, 3.8) is 0 Å². The highest BCUT2D eigenvalue weighted by Crippen LogP contribution is 2.28. The Kier molecular flexibility index (Phi) is 5.25. The predicted molar refractivity (Wildman–Crippen MR) is 83.8 cm³/mol. The van der Waals surface area contributed by atoms with E-state index in [-0.39, 0.29) is 10.9 Å². The van der Waals surface area contributed by atoms with E-state index >= 15 is 0 Å². The molecule has 0 amide bonds. The molecule has 1 aromatic rings. The quantitative estimate of drug-likeness (QED) is 0.675. The van der Waals surface area contributed by atoms with Gasteiger partial charge in [0.05, 0.1) is 10.6 Å². The minimum absolute atomic E-state index is 0.159. The normalized spacial score (nSPS) is 23.6. The minimum Gasteiger partial charge on any atom is -0.380 e. The minimum atomic E-state index is -3.31. The molecule has 0 spiro atoms. The van der Waals surface area contributed by atoms with E-state index in [2.05, 4.69) is 12.2 Å². The number of sulfone groups is 1. The summed E-state index contributed by atoms with van der Waals surface area (Å²) >= 11 is 0. The maximum atomic E-state index is 13.9. The van der Waals surface area contributed by atoms with E-state index in [1.165, 1.54) is 31.0 Å². The van der Waals surface area contributed by atoms with Crippen LogP contribution < -0.4 is 5.32 Å². The fourth-order valence-corrected chi connectivity index (χ4v) is 3.64. The van der Waals surface area contributed by atoms with Gasteiger partial charge in [-0.2, -0.15) is 0 Å². The highest BCUT2D eigenvalue weighted by atomic mass is 32.2. The van der Waals surface area contributed by atoms with Crippen molar-refractivity contribution in [2.24, 2.45) is 5.92 Å². The van der Waals surface area contributed by atoms with Gasteiger partial charge in [0.1, 0.15) is 5.82 Å². The lowest BCUT2D eigenvalue weighted by atomic mass is 9.98. The van der Waals surface area contributed by atoms with Gasteiger partial charge in [0, 0.05) is 12.3 Å². The van der Waals surface area contributed by atoms with Crippen LogP contribution in [0.2, 0.25) is 0 Å². The van der Waals surface area contributed by atoms with Gasteiger partial charge in [0.2, 0.25) is 0 Å². The Morgan fingerprint density at radius 2 is 2.00 bits per heavy atom. The fourth-order valence-electron chi connectivity index (χ4n) is 3.00. The number of hydrogen-bond acceptors (Lipinski definition) is 3. The summed E-state index contributed by atoms with van der Waals surface area (Å²) in [7, 11) is -3.31.